The summed E-state index contributed by atoms with van der Waals surface area (Å²) in [6, 6.07) is 6.66. The fourth-order valence-electron chi connectivity index (χ4n) is 3.32. The molecule has 0 radical (unpaired) electrons. The largest absolute Gasteiger partial charge is 0.380 e. The van der Waals surface area contributed by atoms with Crippen LogP contribution in [0.1, 0.15) is 19.8 Å². The van der Waals surface area contributed by atoms with E-state index in [-0.39, 0.29) is 0 Å². The Kier molecular flexibility index (Phi) is 5.08. The lowest BCUT2D eigenvalue weighted by Gasteiger charge is -2.13. The summed E-state index contributed by atoms with van der Waals surface area (Å²) in [5, 5.41) is 6.99. The van der Waals surface area contributed by atoms with E-state index in [1.165, 1.54) is 0 Å². The van der Waals surface area contributed by atoms with Gasteiger partial charge in [0.05, 0.1) is 30.9 Å². The van der Waals surface area contributed by atoms with Crippen molar-refractivity contribution in [3.63, 3.8) is 0 Å². The number of anilines is 1. The summed E-state index contributed by atoms with van der Waals surface area (Å²) < 4.78 is 7.67. The number of hydrogen-bond acceptors (Lipinski definition) is 6. The molecule has 0 amide bonds. The molecule has 2 atom stereocenters. The van der Waals surface area contributed by atoms with E-state index in [1.807, 2.05) is 35.0 Å². The molecule has 1 saturated heterocycles. The van der Waals surface area contributed by atoms with Crippen molar-refractivity contribution in [1.82, 2.24) is 24.7 Å². The Balaban J connectivity index is 1.44. The summed E-state index contributed by atoms with van der Waals surface area (Å²) in [5.74, 6) is 0.787. The number of hydrogen-bond donors (Lipinski definition) is 2. The predicted molar refractivity (Wildman–Crippen MR) is 101 cm³/mol. The zero-order valence-corrected chi connectivity index (χ0v) is 14.9. The van der Waals surface area contributed by atoms with Crippen molar-refractivity contribution < 1.29 is 4.74 Å². The maximum Gasteiger partial charge on any atom is 0.145 e. The molecule has 7 nitrogen and oxygen atoms in total. The highest BCUT2D eigenvalue weighted by atomic mass is 16.5. The third-order valence-electron chi connectivity index (χ3n) is 4.56. The minimum absolute atomic E-state index is 0.331. The Morgan fingerprint density at radius 2 is 2.27 bits per heavy atom. The van der Waals surface area contributed by atoms with Crippen LogP contribution in [0.25, 0.3) is 17.0 Å². The molecular formula is C19H24N6O. The van der Waals surface area contributed by atoms with Crippen LogP contribution in [0.5, 0.6) is 0 Å². The van der Waals surface area contributed by atoms with Crippen molar-refractivity contribution >= 4 is 11.5 Å². The monoisotopic (exact) mass is 352 g/mol. The number of fused-ring (bicyclic) bond motifs is 1. The highest BCUT2D eigenvalue weighted by Gasteiger charge is 2.24. The van der Waals surface area contributed by atoms with Crippen molar-refractivity contribution in [3.05, 3.63) is 43.0 Å². The number of rotatable bonds is 7. The van der Waals surface area contributed by atoms with Crippen LogP contribution in [-0.2, 0) is 4.74 Å². The summed E-state index contributed by atoms with van der Waals surface area (Å²) in [7, 11) is 0. The second-order valence-corrected chi connectivity index (χ2v) is 6.62. The van der Waals surface area contributed by atoms with Gasteiger partial charge in [-0.05, 0) is 25.0 Å². The molecule has 26 heavy (non-hydrogen) atoms. The molecule has 0 saturated carbocycles. The summed E-state index contributed by atoms with van der Waals surface area (Å²) >= 11 is 0. The van der Waals surface area contributed by atoms with Crippen LogP contribution in [0.3, 0.4) is 0 Å². The molecule has 0 spiro atoms. The summed E-state index contributed by atoms with van der Waals surface area (Å²) in [5.41, 5.74) is 2.65. The van der Waals surface area contributed by atoms with E-state index in [1.54, 1.807) is 12.4 Å². The van der Waals surface area contributed by atoms with E-state index in [0.717, 1.165) is 55.5 Å². The average Bonchev–Trinajstić information content (AvgIpc) is 3.29. The van der Waals surface area contributed by atoms with Gasteiger partial charge in [-0.2, -0.15) is 0 Å². The van der Waals surface area contributed by atoms with Gasteiger partial charge in [0, 0.05) is 31.4 Å². The summed E-state index contributed by atoms with van der Waals surface area (Å²) in [6.45, 7) is 4.62. The Morgan fingerprint density at radius 3 is 3.19 bits per heavy atom. The highest BCUT2D eigenvalue weighted by molar-refractivity contribution is 5.60. The smallest absolute Gasteiger partial charge is 0.145 e. The standard InChI is InChI=1S/C19H24N6O/c1-2-7-26-13-15-8-14(9-21-15)23-18-12-20-10-16(24-18)17-11-22-19-5-3-4-6-25(17)19/h3-6,10-12,14-15,21H,2,7-9,13H2,1H3,(H,23,24). The number of nitrogens with zero attached hydrogens (tertiary/aromatic N) is 4. The normalized spacial score (nSPS) is 19.9. The molecule has 4 rings (SSSR count). The third-order valence-corrected chi connectivity index (χ3v) is 4.56. The van der Waals surface area contributed by atoms with Crippen molar-refractivity contribution in [2.24, 2.45) is 0 Å². The minimum atomic E-state index is 0.331. The topological polar surface area (TPSA) is 76.4 Å². The summed E-state index contributed by atoms with van der Waals surface area (Å²) in [4.78, 5) is 13.5. The second kappa shape index (κ2) is 7.80. The lowest BCUT2D eigenvalue weighted by molar-refractivity contribution is 0.116. The highest BCUT2D eigenvalue weighted by Crippen LogP contribution is 2.20. The van der Waals surface area contributed by atoms with Crippen LogP contribution in [-0.4, -0.2) is 51.2 Å². The quantitative estimate of drug-likeness (QED) is 0.636. The molecule has 3 aromatic heterocycles. The van der Waals surface area contributed by atoms with E-state index in [4.69, 9.17) is 9.72 Å². The minimum Gasteiger partial charge on any atom is -0.380 e. The average molecular weight is 352 g/mol. The second-order valence-electron chi connectivity index (χ2n) is 6.62. The molecule has 1 fully saturated rings. The number of aromatic nitrogens is 4. The molecular weight excluding hydrogens is 328 g/mol. The van der Waals surface area contributed by atoms with E-state index in [9.17, 15) is 0 Å². The Hall–Kier alpha value is -2.51. The number of imidazole rings is 1. The molecule has 136 valence electrons. The van der Waals surface area contributed by atoms with Crippen molar-refractivity contribution in [1.29, 1.82) is 0 Å². The van der Waals surface area contributed by atoms with Gasteiger partial charge in [0.15, 0.2) is 0 Å². The Bertz CT molecular complexity index is 864. The van der Waals surface area contributed by atoms with Crippen LogP contribution >= 0.6 is 0 Å². The van der Waals surface area contributed by atoms with Crippen LogP contribution in [0.15, 0.2) is 43.0 Å². The fourth-order valence-corrected chi connectivity index (χ4v) is 3.32. The number of pyridine rings is 1. The van der Waals surface area contributed by atoms with Crippen LogP contribution in [0.2, 0.25) is 0 Å². The molecule has 1 aliphatic heterocycles. The van der Waals surface area contributed by atoms with Crippen LogP contribution in [0, 0.1) is 0 Å². The first-order chi connectivity index (χ1) is 12.8. The van der Waals surface area contributed by atoms with Crippen molar-refractivity contribution in [3.8, 4) is 11.4 Å². The maximum atomic E-state index is 5.65. The van der Waals surface area contributed by atoms with E-state index < -0.39 is 0 Å². The predicted octanol–water partition coefficient (Wildman–Crippen LogP) is 2.36. The SMILES string of the molecule is CCCOCC1CC(Nc2cncc(-c3cnc4ccccn34)n2)CN1. The van der Waals surface area contributed by atoms with Gasteiger partial charge in [-0.15, -0.1) is 0 Å². The van der Waals surface area contributed by atoms with Gasteiger partial charge in [-0.3, -0.25) is 9.38 Å². The molecule has 2 unspecified atom stereocenters. The first kappa shape index (κ1) is 16.9. The summed E-state index contributed by atoms with van der Waals surface area (Å²) in [6.07, 6.45) is 9.44. The molecule has 0 aromatic carbocycles. The molecule has 7 heteroatoms. The third kappa shape index (κ3) is 3.68. The van der Waals surface area contributed by atoms with E-state index >= 15 is 0 Å². The fraction of sp³-hybridized carbons (Fsp3) is 0.421. The zero-order chi connectivity index (χ0) is 17.8. The van der Waals surface area contributed by atoms with Gasteiger partial charge in [-0.1, -0.05) is 13.0 Å². The van der Waals surface area contributed by atoms with Crippen molar-refractivity contribution in [2.75, 3.05) is 25.1 Å². The van der Waals surface area contributed by atoms with Gasteiger partial charge in [0.1, 0.15) is 17.2 Å². The first-order valence-corrected chi connectivity index (χ1v) is 9.15. The molecule has 0 aliphatic carbocycles. The maximum absolute atomic E-state index is 5.65. The van der Waals surface area contributed by atoms with Crippen molar-refractivity contribution in [2.45, 2.75) is 31.8 Å². The van der Waals surface area contributed by atoms with E-state index in [2.05, 4.69) is 27.5 Å². The van der Waals surface area contributed by atoms with Crippen LogP contribution in [0.4, 0.5) is 5.82 Å². The van der Waals surface area contributed by atoms with E-state index in [0.29, 0.717) is 12.1 Å². The molecule has 3 aromatic rings. The van der Waals surface area contributed by atoms with Gasteiger partial charge >= 0.3 is 0 Å². The lowest BCUT2D eigenvalue weighted by Crippen LogP contribution is -2.27. The van der Waals surface area contributed by atoms with Gasteiger partial charge < -0.3 is 15.4 Å². The molecule has 0 bridgehead atoms. The van der Waals surface area contributed by atoms with Gasteiger partial charge in [-0.25, -0.2) is 9.97 Å². The van der Waals surface area contributed by atoms with Crippen LogP contribution < -0.4 is 10.6 Å². The molecule has 1 aliphatic rings. The van der Waals surface area contributed by atoms with Gasteiger partial charge in [0.25, 0.3) is 0 Å². The van der Waals surface area contributed by atoms with Gasteiger partial charge in [0.2, 0.25) is 0 Å². The number of nitrogens with one attached hydrogen (secondary N) is 2. The number of ether oxygens (including phenoxy) is 1. The lowest BCUT2D eigenvalue weighted by atomic mass is 10.2. The molecule has 4 heterocycles. The Morgan fingerprint density at radius 1 is 1.31 bits per heavy atom. The first-order valence-electron chi connectivity index (χ1n) is 9.15. The zero-order valence-electron chi connectivity index (χ0n) is 14.9. The Labute approximate surface area is 152 Å². The molecule has 2 N–H and O–H groups in total.